The number of ether oxygens (including phenoxy) is 1. The van der Waals surface area contributed by atoms with Gasteiger partial charge in [-0.15, -0.1) is 0 Å². The first-order valence-corrected chi connectivity index (χ1v) is 7.98. The lowest BCUT2D eigenvalue weighted by molar-refractivity contribution is 0.0962. The van der Waals surface area contributed by atoms with E-state index in [4.69, 9.17) is 4.74 Å². The van der Waals surface area contributed by atoms with Crippen molar-refractivity contribution in [3.8, 4) is 11.6 Å². The average Bonchev–Trinajstić information content (AvgIpc) is 2.68. The van der Waals surface area contributed by atoms with Gasteiger partial charge in [-0.2, -0.15) is 0 Å². The molecule has 0 saturated heterocycles. The van der Waals surface area contributed by atoms with Crippen LogP contribution < -0.4 is 15.4 Å². The number of benzene rings is 2. The number of aromatic nitrogens is 1. The Morgan fingerprint density at radius 3 is 2.40 bits per heavy atom. The van der Waals surface area contributed by atoms with Crippen LogP contribution in [0.3, 0.4) is 0 Å². The Balaban J connectivity index is 1.58. The van der Waals surface area contributed by atoms with Crippen LogP contribution in [0, 0.1) is 0 Å². The van der Waals surface area contributed by atoms with Gasteiger partial charge in [0.05, 0.1) is 5.56 Å². The lowest BCUT2D eigenvalue weighted by Gasteiger charge is -2.08. The van der Waals surface area contributed by atoms with Crippen molar-refractivity contribution in [1.82, 2.24) is 10.3 Å². The molecule has 0 aliphatic heterocycles. The number of nitrogens with zero attached hydrogens (tertiary/aromatic N) is 1. The van der Waals surface area contributed by atoms with Gasteiger partial charge in [0.15, 0.2) is 0 Å². The van der Waals surface area contributed by atoms with E-state index in [1.807, 2.05) is 54.6 Å². The molecule has 0 fully saturated rings. The summed E-state index contributed by atoms with van der Waals surface area (Å²) < 4.78 is 5.70. The highest BCUT2D eigenvalue weighted by atomic mass is 16.5. The molecule has 0 saturated carbocycles. The highest BCUT2D eigenvalue weighted by Crippen LogP contribution is 2.20. The third kappa shape index (κ3) is 4.57. The number of hydrogen-bond donors (Lipinski definition) is 2. The smallest absolute Gasteiger partial charge is 0.252 e. The first kappa shape index (κ1) is 16.5. The monoisotopic (exact) mass is 333 g/mol. The largest absolute Gasteiger partial charge is 0.439 e. The normalized spacial score (nSPS) is 10.1. The van der Waals surface area contributed by atoms with Crippen molar-refractivity contribution in [3.63, 3.8) is 0 Å². The van der Waals surface area contributed by atoms with E-state index in [1.165, 1.54) is 6.20 Å². The van der Waals surface area contributed by atoms with Crippen molar-refractivity contribution in [2.24, 2.45) is 0 Å². The van der Waals surface area contributed by atoms with Crippen molar-refractivity contribution < 1.29 is 9.53 Å². The van der Waals surface area contributed by atoms with E-state index in [1.54, 1.807) is 19.2 Å². The number of hydrogen-bond acceptors (Lipinski definition) is 4. The number of amides is 1. The van der Waals surface area contributed by atoms with Gasteiger partial charge >= 0.3 is 0 Å². The van der Waals surface area contributed by atoms with Crippen LogP contribution >= 0.6 is 0 Å². The van der Waals surface area contributed by atoms with E-state index in [2.05, 4.69) is 15.6 Å². The molecule has 2 N–H and O–H groups in total. The maximum atomic E-state index is 11.5. The summed E-state index contributed by atoms with van der Waals surface area (Å²) in [5.41, 5.74) is 2.74. The SMILES string of the molecule is CNC(=O)c1ccc(Oc2ccc(CNc3ccccc3)cc2)nc1. The molecule has 3 aromatic rings. The first-order valence-electron chi connectivity index (χ1n) is 7.98. The maximum absolute atomic E-state index is 11.5. The number of anilines is 1. The molecule has 0 spiro atoms. The third-order valence-corrected chi connectivity index (χ3v) is 3.64. The average molecular weight is 333 g/mol. The molecule has 0 unspecified atom stereocenters. The van der Waals surface area contributed by atoms with Crippen LogP contribution in [0.2, 0.25) is 0 Å². The fourth-order valence-electron chi connectivity index (χ4n) is 2.28. The van der Waals surface area contributed by atoms with Gasteiger partial charge in [0.25, 0.3) is 5.91 Å². The zero-order valence-corrected chi connectivity index (χ0v) is 13.9. The highest BCUT2D eigenvalue weighted by Gasteiger charge is 2.05. The molecular weight excluding hydrogens is 314 g/mol. The number of carbonyl (C=O) groups is 1. The lowest BCUT2D eigenvalue weighted by Crippen LogP contribution is -2.17. The minimum Gasteiger partial charge on any atom is -0.439 e. The summed E-state index contributed by atoms with van der Waals surface area (Å²) in [6, 6.07) is 21.2. The minimum absolute atomic E-state index is 0.172. The summed E-state index contributed by atoms with van der Waals surface area (Å²) in [5.74, 6) is 0.973. The summed E-state index contributed by atoms with van der Waals surface area (Å²) in [5, 5.41) is 5.92. The number of nitrogens with one attached hydrogen (secondary N) is 2. The fraction of sp³-hybridized carbons (Fsp3) is 0.100. The Bertz CT molecular complexity index is 816. The maximum Gasteiger partial charge on any atom is 0.252 e. The molecular formula is C20H19N3O2. The van der Waals surface area contributed by atoms with Crippen molar-refractivity contribution in [3.05, 3.63) is 84.1 Å². The second-order valence-electron chi connectivity index (χ2n) is 5.43. The zero-order valence-electron chi connectivity index (χ0n) is 13.9. The molecule has 1 heterocycles. The van der Waals surface area contributed by atoms with Crippen molar-refractivity contribution in [1.29, 1.82) is 0 Å². The van der Waals surface area contributed by atoms with E-state index in [0.29, 0.717) is 17.2 Å². The van der Waals surface area contributed by atoms with Crippen molar-refractivity contribution in [2.75, 3.05) is 12.4 Å². The van der Waals surface area contributed by atoms with Crippen LogP contribution in [0.15, 0.2) is 72.9 Å². The van der Waals surface area contributed by atoms with Gasteiger partial charge in [0, 0.05) is 31.5 Å². The Morgan fingerprint density at radius 2 is 1.76 bits per heavy atom. The third-order valence-electron chi connectivity index (χ3n) is 3.64. The number of pyridine rings is 1. The topological polar surface area (TPSA) is 63.2 Å². The molecule has 0 bridgehead atoms. The molecule has 1 amide bonds. The van der Waals surface area contributed by atoms with Gasteiger partial charge in [0.1, 0.15) is 5.75 Å². The minimum atomic E-state index is -0.172. The van der Waals surface area contributed by atoms with Crippen molar-refractivity contribution >= 4 is 11.6 Å². The Hall–Kier alpha value is -3.34. The quantitative estimate of drug-likeness (QED) is 0.719. The van der Waals surface area contributed by atoms with E-state index in [0.717, 1.165) is 17.8 Å². The highest BCUT2D eigenvalue weighted by molar-refractivity contribution is 5.93. The second kappa shape index (κ2) is 7.97. The summed E-state index contributed by atoms with van der Waals surface area (Å²) >= 11 is 0. The summed E-state index contributed by atoms with van der Waals surface area (Å²) in [6.07, 6.45) is 1.49. The predicted molar refractivity (Wildman–Crippen MR) is 97.9 cm³/mol. The first-order chi connectivity index (χ1) is 12.2. The molecule has 5 heteroatoms. The van der Waals surface area contributed by atoms with E-state index in [9.17, 15) is 4.79 Å². The van der Waals surface area contributed by atoms with Gasteiger partial charge in [-0.05, 0) is 35.9 Å². The Kier molecular flexibility index (Phi) is 5.26. The molecule has 2 aromatic carbocycles. The van der Waals surface area contributed by atoms with Gasteiger partial charge < -0.3 is 15.4 Å². The molecule has 126 valence electrons. The van der Waals surface area contributed by atoms with E-state index < -0.39 is 0 Å². The second-order valence-corrected chi connectivity index (χ2v) is 5.43. The molecule has 3 rings (SSSR count). The van der Waals surface area contributed by atoms with Crippen LogP contribution in [-0.4, -0.2) is 17.9 Å². The van der Waals surface area contributed by atoms with Gasteiger partial charge in [-0.25, -0.2) is 4.98 Å². The van der Waals surface area contributed by atoms with E-state index >= 15 is 0 Å². The standard InChI is InChI=1S/C20H19N3O2/c1-21-20(24)16-9-12-19(23-14-16)25-18-10-7-15(8-11-18)13-22-17-5-3-2-4-6-17/h2-12,14,22H,13H2,1H3,(H,21,24). The van der Waals surface area contributed by atoms with Crippen LogP contribution in [0.4, 0.5) is 5.69 Å². The van der Waals surface area contributed by atoms with Crippen molar-refractivity contribution in [2.45, 2.75) is 6.54 Å². The Labute approximate surface area is 146 Å². The fourth-order valence-corrected chi connectivity index (χ4v) is 2.28. The number of para-hydroxylation sites is 1. The van der Waals surface area contributed by atoms with Gasteiger partial charge in [-0.3, -0.25) is 4.79 Å². The number of rotatable bonds is 6. The van der Waals surface area contributed by atoms with E-state index in [-0.39, 0.29) is 5.91 Å². The molecule has 0 aliphatic carbocycles. The molecule has 0 atom stereocenters. The van der Waals surface area contributed by atoms with Gasteiger partial charge in [-0.1, -0.05) is 30.3 Å². The summed E-state index contributed by atoms with van der Waals surface area (Å²) in [7, 11) is 1.58. The molecule has 0 radical (unpaired) electrons. The number of carbonyl (C=O) groups excluding carboxylic acids is 1. The van der Waals surface area contributed by atoms with Crippen LogP contribution in [0.1, 0.15) is 15.9 Å². The lowest BCUT2D eigenvalue weighted by atomic mass is 10.2. The van der Waals surface area contributed by atoms with Crippen LogP contribution in [0.5, 0.6) is 11.6 Å². The van der Waals surface area contributed by atoms with Crippen LogP contribution in [0.25, 0.3) is 0 Å². The summed E-state index contributed by atoms with van der Waals surface area (Å²) in [6.45, 7) is 0.739. The molecule has 5 nitrogen and oxygen atoms in total. The van der Waals surface area contributed by atoms with Gasteiger partial charge in [0.2, 0.25) is 5.88 Å². The Morgan fingerprint density at radius 1 is 1.00 bits per heavy atom. The van der Waals surface area contributed by atoms with Crippen LogP contribution in [-0.2, 0) is 6.54 Å². The zero-order chi connectivity index (χ0) is 17.5. The molecule has 1 aromatic heterocycles. The summed E-state index contributed by atoms with van der Waals surface area (Å²) in [4.78, 5) is 15.6. The molecule has 25 heavy (non-hydrogen) atoms. The molecule has 0 aliphatic rings. The predicted octanol–water partition coefficient (Wildman–Crippen LogP) is 3.85.